The average molecular weight is 368 g/mol. The second kappa shape index (κ2) is 9.97. The minimum atomic E-state index is -0.329. The number of nitrogens with one attached hydrogen (secondary N) is 1. The summed E-state index contributed by atoms with van der Waals surface area (Å²) in [5.74, 6) is 3.01. The van der Waals surface area contributed by atoms with Crippen LogP contribution in [0.4, 0.5) is 10.6 Å². The average Bonchev–Trinajstić information content (AvgIpc) is 3.09. The summed E-state index contributed by atoms with van der Waals surface area (Å²) in [7, 11) is 3.47. The Morgan fingerprint density at radius 1 is 1.33 bits per heavy atom. The Bertz CT molecular complexity index is 794. The van der Waals surface area contributed by atoms with Gasteiger partial charge in [-0.3, -0.25) is 19.8 Å². The molecule has 2 heterocycles. The molecule has 0 atom stereocenters. The lowest BCUT2D eigenvalue weighted by atomic mass is 10.2. The summed E-state index contributed by atoms with van der Waals surface area (Å²) in [5.41, 5.74) is 0.888. The molecular weight excluding hydrogens is 344 g/mol. The molecule has 8 nitrogen and oxygen atoms in total. The van der Waals surface area contributed by atoms with Crippen LogP contribution >= 0.6 is 0 Å². The van der Waals surface area contributed by atoms with Crippen LogP contribution < -0.4 is 5.32 Å². The summed E-state index contributed by atoms with van der Waals surface area (Å²) >= 11 is 0. The van der Waals surface area contributed by atoms with Gasteiger partial charge >= 0.3 is 6.03 Å². The minimum Gasteiger partial charge on any atom is -0.349 e. The summed E-state index contributed by atoms with van der Waals surface area (Å²) < 4.78 is 1.70. The topological polar surface area (TPSA) is 83.4 Å². The van der Waals surface area contributed by atoms with Gasteiger partial charge in [-0.25, -0.2) is 4.79 Å². The Morgan fingerprint density at radius 2 is 2.15 bits per heavy atom. The molecule has 0 spiro atoms. The summed E-state index contributed by atoms with van der Waals surface area (Å²) in [6.07, 6.45) is 11.6. The quantitative estimate of drug-likeness (QED) is 0.721. The van der Waals surface area contributed by atoms with E-state index in [-0.39, 0.29) is 18.5 Å². The first-order valence-corrected chi connectivity index (χ1v) is 8.61. The highest BCUT2D eigenvalue weighted by Gasteiger charge is 2.14. The summed E-state index contributed by atoms with van der Waals surface area (Å²) in [4.78, 5) is 31.2. The van der Waals surface area contributed by atoms with E-state index in [4.69, 9.17) is 6.42 Å². The van der Waals surface area contributed by atoms with Crippen molar-refractivity contribution in [3.63, 3.8) is 0 Å². The molecule has 142 valence electrons. The third kappa shape index (κ3) is 6.47. The monoisotopic (exact) mass is 368 g/mol. The molecule has 0 aliphatic heterocycles. The van der Waals surface area contributed by atoms with Crippen LogP contribution in [-0.2, 0) is 17.9 Å². The lowest BCUT2D eigenvalue weighted by Gasteiger charge is -2.20. The van der Waals surface area contributed by atoms with Crippen molar-refractivity contribution in [2.75, 3.05) is 26.0 Å². The molecule has 0 saturated heterocycles. The van der Waals surface area contributed by atoms with E-state index in [1.807, 2.05) is 12.1 Å². The number of anilines is 1. The molecule has 2 rings (SSSR count). The fourth-order valence-electron chi connectivity index (χ4n) is 2.38. The lowest BCUT2D eigenvalue weighted by Crippen LogP contribution is -2.35. The number of urea groups is 1. The molecule has 0 saturated carbocycles. The van der Waals surface area contributed by atoms with Crippen molar-refractivity contribution >= 4 is 17.8 Å². The zero-order valence-electron chi connectivity index (χ0n) is 15.6. The molecule has 0 fully saturated rings. The number of aryl methyl sites for hydroxylation is 1. The highest BCUT2D eigenvalue weighted by atomic mass is 16.2. The van der Waals surface area contributed by atoms with E-state index in [1.54, 1.807) is 48.3 Å². The van der Waals surface area contributed by atoms with Crippen LogP contribution in [0.1, 0.15) is 18.4 Å². The number of aromatic nitrogens is 3. The molecule has 0 bridgehead atoms. The summed E-state index contributed by atoms with van der Waals surface area (Å²) in [5, 5.41) is 7.06. The first kappa shape index (κ1) is 20.0. The third-order valence-corrected chi connectivity index (χ3v) is 3.82. The molecule has 2 aromatic heterocycles. The van der Waals surface area contributed by atoms with E-state index in [0.29, 0.717) is 31.7 Å². The number of amides is 3. The molecule has 0 unspecified atom stereocenters. The normalized spacial score (nSPS) is 10.1. The molecule has 27 heavy (non-hydrogen) atoms. The Hall–Kier alpha value is -3.34. The summed E-state index contributed by atoms with van der Waals surface area (Å²) in [6.45, 7) is 1.13. The van der Waals surface area contributed by atoms with Crippen molar-refractivity contribution in [1.29, 1.82) is 0 Å². The van der Waals surface area contributed by atoms with E-state index in [9.17, 15) is 9.59 Å². The Balaban J connectivity index is 1.89. The van der Waals surface area contributed by atoms with Crippen LogP contribution in [0.2, 0.25) is 0 Å². The zero-order chi connectivity index (χ0) is 19.6. The van der Waals surface area contributed by atoms with Crippen molar-refractivity contribution in [1.82, 2.24) is 24.6 Å². The molecule has 0 aromatic carbocycles. The van der Waals surface area contributed by atoms with Crippen LogP contribution in [-0.4, -0.2) is 57.1 Å². The number of hydrogen-bond acceptors (Lipinski definition) is 4. The third-order valence-electron chi connectivity index (χ3n) is 3.82. The largest absolute Gasteiger partial charge is 0.349 e. The smallest absolute Gasteiger partial charge is 0.324 e. The van der Waals surface area contributed by atoms with Gasteiger partial charge in [-0.15, -0.1) is 6.42 Å². The number of terminal acetylenes is 1. The highest BCUT2D eigenvalue weighted by molar-refractivity contribution is 5.88. The molecule has 8 heteroatoms. The van der Waals surface area contributed by atoms with Gasteiger partial charge in [0.1, 0.15) is 0 Å². The zero-order valence-corrected chi connectivity index (χ0v) is 15.6. The number of hydrogen-bond donors (Lipinski definition) is 1. The van der Waals surface area contributed by atoms with Gasteiger partial charge in [0.05, 0.1) is 6.54 Å². The van der Waals surface area contributed by atoms with Crippen LogP contribution in [0.3, 0.4) is 0 Å². The van der Waals surface area contributed by atoms with Gasteiger partial charge in [-0.05, 0) is 18.1 Å². The van der Waals surface area contributed by atoms with Gasteiger partial charge in [-0.1, -0.05) is 12.0 Å². The molecule has 3 amide bonds. The number of rotatable bonds is 8. The van der Waals surface area contributed by atoms with Crippen molar-refractivity contribution < 1.29 is 9.59 Å². The predicted molar refractivity (Wildman–Crippen MR) is 103 cm³/mol. The second-order valence-electron chi connectivity index (χ2n) is 6.21. The maximum absolute atomic E-state index is 12.5. The standard InChI is InChI=1S/C19H24N6O2/c1-4-11-24(15-16-7-5-10-20-14-16)19(27)21-17-9-13-25(22-17)12-6-8-18(26)23(2)3/h1,5,7,9-10,13-14H,6,8,11-12,15H2,2-3H3,(H,21,22,27). The van der Waals surface area contributed by atoms with E-state index in [0.717, 1.165) is 5.56 Å². The molecule has 1 N–H and O–H groups in total. The molecule has 0 aliphatic rings. The van der Waals surface area contributed by atoms with Crippen molar-refractivity contribution in [3.05, 3.63) is 42.4 Å². The lowest BCUT2D eigenvalue weighted by molar-refractivity contribution is -0.128. The van der Waals surface area contributed by atoms with Gasteiger partial charge in [0, 0.05) is 58.3 Å². The highest BCUT2D eigenvalue weighted by Crippen LogP contribution is 2.08. The van der Waals surface area contributed by atoms with Crippen molar-refractivity contribution in [2.24, 2.45) is 0 Å². The number of nitrogens with zero attached hydrogens (tertiary/aromatic N) is 5. The minimum absolute atomic E-state index is 0.0796. The van der Waals surface area contributed by atoms with Gasteiger partial charge in [0.15, 0.2) is 5.82 Å². The Labute approximate surface area is 159 Å². The van der Waals surface area contributed by atoms with Gasteiger partial charge < -0.3 is 9.80 Å². The molecule has 0 aliphatic carbocycles. The van der Waals surface area contributed by atoms with E-state index in [2.05, 4.69) is 21.3 Å². The number of carbonyl (C=O) groups excluding carboxylic acids is 2. The Morgan fingerprint density at radius 3 is 2.81 bits per heavy atom. The van der Waals surface area contributed by atoms with E-state index >= 15 is 0 Å². The fourth-order valence-corrected chi connectivity index (χ4v) is 2.38. The van der Waals surface area contributed by atoms with Crippen molar-refractivity contribution in [3.8, 4) is 12.3 Å². The maximum atomic E-state index is 12.5. The van der Waals surface area contributed by atoms with Gasteiger partial charge in [-0.2, -0.15) is 5.10 Å². The van der Waals surface area contributed by atoms with E-state index in [1.165, 1.54) is 4.90 Å². The molecule has 0 radical (unpaired) electrons. The Kier molecular flexibility index (Phi) is 7.37. The molecular formula is C19H24N6O2. The summed E-state index contributed by atoms with van der Waals surface area (Å²) in [6, 6.07) is 5.08. The number of pyridine rings is 1. The fraction of sp³-hybridized carbons (Fsp3) is 0.368. The second-order valence-corrected chi connectivity index (χ2v) is 6.21. The van der Waals surface area contributed by atoms with Crippen LogP contribution in [0, 0.1) is 12.3 Å². The first-order chi connectivity index (χ1) is 13.0. The SMILES string of the molecule is C#CCN(Cc1cccnc1)C(=O)Nc1ccn(CCCC(=O)N(C)C)n1. The van der Waals surface area contributed by atoms with Crippen LogP contribution in [0.15, 0.2) is 36.8 Å². The van der Waals surface area contributed by atoms with Gasteiger partial charge in [0.2, 0.25) is 5.91 Å². The van der Waals surface area contributed by atoms with Crippen LogP contribution in [0.25, 0.3) is 0 Å². The number of carbonyl (C=O) groups is 2. The maximum Gasteiger partial charge on any atom is 0.324 e. The van der Waals surface area contributed by atoms with Crippen molar-refractivity contribution in [2.45, 2.75) is 25.9 Å². The first-order valence-electron chi connectivity index (χ1n) is 8.61. The van der Waals surface area contributed by atoms with E-state index < -0.39 is 0 Å². The van der Waals surface area contributed by atoms with Crippen LogP contribution in [0.5, 0.6) is 0 Å². The predicted octanol–water partition coefficient (Wildman–Crippen LogP) is 1.81. The molecule has 2 aromatic rings. The van der Waals surface area contributed by atoms with Gasteiger partial charge in [0.25, 0.3) is 0 Å².